The Balaban J connectivity index is 0.963. The fourth-order valence-electron chi connectivity index (χ4n) is 17.2. The molecule has 9 rings (SSSR count). The Kier molecular flexibility index (Phi) is 20.8. The van der Waals surface area contributed by atoms with Gasteiger partial charge in [-0.05, 0) is 133 Å². The van der Waals surface area contributed by atoms with Gasteiger partial charge in [0.05, 0.1) is 43.5 Å². The number of rotatable bonds is 17. The second-order valence-corrected chi connectivity index (χ2v) is 27.6. The van der Waals surface area contributed by atoms with Crippen molar-refractivity contribution >= 4 is 11.9 Å². The van der Waals surface area contributed by atoms with Crippen LogP contribution in [-0.4, -0.2) is 273 Å². The number of hydrogen-bond donors (Lipinski definition) is 16. The molecule has 0 bridgehead atoms. The molecule has 16 N–H and O–H groups in total. The average Bonchev–Trinajstić information content (AvgIpc) is 1.68. The minimum atomic E-state index is -2.12. The largest absolute Gasteiger partial charge is 0.481 e. The molecule has 28 nitrogen and oxygen atoms in total. The Bertz CT molecular complexity index is 2400. The summed E-state index contributed by atoms with van der Waals surface area (Å²) in [7, 11) is 0. The molecule has 500 valence electrons. The molecule has 5 heterocycles. The molecule has 4 saturated carbocycles. The summed E-state index contributed by atoms with van der Waals surface area (Å²) in [6, 6.07) is 0. The summed E-state index contributed by atoms with van der Waals surface area (Å²) in [6.45, 7) is 12.8. The molecule has 9 fully saturated rings. The molecule has 0 aromatic carbocycles. The zero-order valence-corrected chi connectivity index (χ0v) is 50.6. The Morgan fingerprint density at radius 3 is 1.72 bits per heavy atom. The number of ether oxygens (including phenoxy) is 10. The van der Waals surface area contributed by atoms with Crippen molar-refractivity contribution in [2.24, 2.45) is 45.3 Å². The predicted octanol–water partition coefficient (Wildman–Crippen LogP) is -3.09. The molecule has 5 aliphatic heterocycles. The minimum absolute atomic E-state index is 0.0482. The van der Waals surface area contributed by atoms with Crippen LogP contribution in [0.2, 0.25) is 0 Å². The van der Waals surface area contributed by atoms with E-state index in [2.05, 4.69) is 20.8 Å². The van der Waals surface area contributed by atoms with E-state index in [1.54, 1.807) is 6.92 Å². The van der Waals surface area contributed by atoms with Gasteiger partial charge in [0, 0.05) is 5.92 Å². The zero-order valence-electron chi connectivity index (χ0n) is 50.6. The lowest BCUT2D eigenvalue weighted by molar-refractivity contribution is -0.389. The number of carbonyl (C=O) groups excluding carboxylic acids is 1. The van der Waals surface area contributed by atoms with Crippen LogP contribution in [0.4, 0.5) is 0 Å². The lowest BCUT2D eigenvalue weighted by Crippen LogP contribution is -2.68. The predicted molar refractivity (Wildman–Crippen MR) is 292 cm³/mol. The van der Waals surface area contributed by atoms with Crippen molar-refractivity contribution in [3.63, 3.8) is 0 Å². The molecule has 0 aromatic heterocycles. The summed E-state index contributed by atoms with van der Waals surface area (Å²) >= 11 is 0. The average molecular weight is 1250 g/mol. The highest BCUT2D eigenvalue weighted by Gasteiger charge is 2.73. The maximum Gasteiger partial charge on any atom is 0.340 e. The minimum Gasteiger partial charge on any atom is -0.481 e. The van der Waals surface area contributed by atoms with E-state index in [9.17, 15) is 91.3 Å². The summed E-state index contributed by atoms with van der Waals surface area (Å²) in [4.78, 5) is 28.8. The van der Waals surface area contributed by atoms with Gasteiger partial charge in [0.15, 0.2) is 30.8 Å². The van der Waals surface area contributed by atoms with Crippen molar-refractivity contribution in [3.8, 4) is 0 Å². The number of carboxylic acids is 1. The Morgan fingerprint density at radius 1 is 0.575 bits per heavy atom. The van der Waals surface area contributed by atoms with Gasteiger partial charge in [-0.1, -0.05) is 32.4 Å². The van der Waals surface area contributed by atoms with Crippen molar-refractivity contribution in [2.45, 2.75) is 279 Å². The number of carbonyl (C=O) groups is 2. The molecular formula is C59H96O28. The molecule has 0 spiro atoms. The maximum absolute atomic E-state index is 14.6. The molecule has 0 amide bonds. The summed E-state index contributed by atoms with van der Waals surface area (Å²) in [5, 5.41) is 175. The quantitative estimate of drug-likeness (QED) is 0.0390. The third-order valence-electron chi connectivity index (χ3n) is 22.6. The second kappa shape index (κ2) is 26.3. The van der Waals surface area contributed by atoms with E-state index >= 15 is 0 Å². The number of allylic oxidation sites excluding steroid dienone is 2. The summed E-state index contributed by atoms with van der Waals surface area (Å²) < 4.78 is 59.7. The van der Waals surface area contributed by atoms with Gasteiger partial charge in [-0.15, -0.1) is 0 Å². The monoisotopic (exact) mass is 1250 g/mol. The van der Waals surface area contributed by atoms with Gasteiger partial charge in [0.1, 0.15) is 104 Å². The number of esters is 1. The smallest absolute Gasteiger partial charge is 0.340 e. The third kappa shape index (κ3) is 12.1. The molecular weight excluding hydrogens is 1160 g/mol. The molecule has 4 aliphatic carbocycles. The number of aliphatic hydroxyl groups is 15. The van der Waals surface area contributed by atoms with Gasteiger partial charge in [0.2, 0.25) is 6.29 Å². The van der Waals surface area contributed by atoms with Crippen molar-refractivity contribution in [1.29, 1.82) is 0 Å². The fraction of sp³-hybridized carbons (Fsp3) is 0.932. The first-order valence-electron chi connectivity index (χ1n) is 30.8. The van der Waals surface area contributed by atoms with Gasteiger partial charge in [-0.25, -0.2) is 4.79 Å². The van der Waals surface area contributed by atoms with Crippen LogP contribution in [-0.2, 0) is 57.0 Å². The first-order chi connectivity index (χ1) is 40.7. The molecule has 0 unspecified atom stereocenters. The van der Waals surface area contributed by atoms with E-state index in [0.29, 0.717) is 51.4 Å². The molecule has 0 aromatic rings. The first-order valence-corrected chi connectivity index (χ1v) is 30.8. The van der Waals surface area contributed by atoms with E-state index in [1.165, 1.54) is 13.8 Å². The molecule has 5 saturated heterocycles. The van der Waals surface area contributed by atoms with E-state index in [-0.39, 0.29) is 24.7 Å². The van der Waals surface area contributed by atoms with E-state index in [4.69, 9.17) is 47.4 Å². The highest BCUT2D eigenvalue weighted by atomic mass is 16.8. The van der Waals surface area contributed by atoms with Crippen molar-refractivity contribution < 1.29 is 139 Å². The maximum atomic E-state index is 14.6. The van der Waals surface area contributed by atoms with Crippen LogP contribution in [0.3, 0.4) is 0 Å². The van der Waals surface area contributed by atoms with Crippen molar-refractivity contribution in [1.82, 2.24) is 0 Å². The summed E-state index contributed by atoms with van der Waals surface area (Å²) in [6.07, 6.45) is -35.9. The lowest BCUT2D eigenvalue weighted by Gasteiger charge is -2.69. The summed E-state index contributed by atoms with van der Waals surface area (Å²) in [5.41, 5.74) is -4.50. The summed E-state index contributed by atoms with van der Waals surface area (Å²) in [5.74, 6) is -3.80. The Morgan fingerprint density at radius 2 is 1.11 bits per heavy atom. The first kappa shape index (κ1) is 69.1. The zero-order chi connectivity index (χ0) is 63.9. The van der Waals surface area contributed by atoms with Gasteiger partial charge >= 0.3 is 11.9 Å². The standard InChI is InChI=1S/C59H96O28/c1-23(2)10-9-16-59(77,54(76)87-51-45(73)40(68)36(64)29(20-60)82-51)27-13-18-56(6)26(27)11-12-31-55(5)17-15-33(58(8,53(74)75)32(55)14-19-57(31,56)7)84-52-47(86-49-43(71)39(67)35(63)25(4)81-49)46(28(61)21-78-52)85-50-44(72)41(69)37(65)30(83-50)22-79-48-42(70)38(66)34(62)24(3)80-48/h10,24-52,60-73,77H,9,11-22H2,1-8H3,(H,74,75)/t24-,25-,26+,27-,28-,29+,30+,31+,32+,33-,34-,35-,36+,37+,38+,39+,40-,41-,42+,43+,44+,45+,46-,47+,48+,49-,50-,51-,52-,55+,56+,57+,58-,59-/m0/s1. The van der Waals surface area contributed by atoms with Crippen LogP contribution in [0.25, 0.3) is 0 Å². The Labute approximate surface area is 504 Å². The van der Waals surface area contributed by atoms with Crippen molar-refractivity contribution in [2.75, 3.05) is 19.8 Å². The van der Waals surface area contributed by atoms with E-state index < -0.39 is 224 Å². The van der Waals surface area contributed by atoms with Crippen molar-refractivity contribution in [3.05, 3.63) is 11.6 Å². The van der Waals surface area contributed by atoms with E-state index in [0.717, 1.165) is 5.57 Å². The van der Waals surface area contributed by atoms with Crippen LogP contribution in [0.1, 0.15) is 120 Å². The van der Waals surface area contributed by atoms with Gasteiger partial charge in [-0.3, -0.25) is 4.79 Å². The highest BCUT2D eigenvalue weighted by molar-refractivity contribution is 5.80. The van der Waals surface area contributed by atoms with E-state index in [1.807, 2.05) is 19.9 Å². The number of fused-ring (bicyclic) bond motifs is 5. The topological polar surface area (TPSA) is 450 Å². The van der Waals surface area contributed by atoms with Crippen LogP contribution in [0.15, 0.2) is 11.6 Å². The molecule has 34 atom stereocenters. The normalized spacial score (nSPS) is 52.6. The van der Waals surface area contributed by atoms with Crippen LogP contribution < -0.4 is 0 Å². The van der Waals surface area contributed by atoms with Gasteiger partial charge in [0.25, 0.3) is 0 Å². The molecule has 9 aliphatic rings. The third-order valence-corrected chi connectivity index (χ3v) is 22.6. The SMILES string of the molecule is CC(C)=CCC[C@@](O)(C(=O)O[C@@H]1O[C@H](CO)[C@@H](O)[C@H](O)[C@H]1O)[C@H]1CC[C@]2(C)[C@@H]1CC[C@@H]1[C@@]3(C)CC[C@H](O[C@@H]4OC[C@H](O)[C@H](O[C@@H]5O[C@H](CO[C@@H]6O[C@@H](C)[C@H](O)[C@@H](O)[C@H]6O)[C@@H](O)[C@H](O)[C@H]5O)[C@H]4O[C@@H]4O[C@@H](C)[C@H](O)[C@@H](O)[C@H]4O)[C@@](C)(C(=O)O)[C@@H]3CC[C@]12C. The van der Waals surface area contributed by atoms with Gasteiger partial charge in [-0.2, -0.15) is 0 Å². The molecule has 87 heavy (non-hydrogen) atoms. The highest BCUT2D eigenvalue weighted by Crippen LogP contribution is 2.76. The number of hydrogen-bond acceptors (Lipinski definition) is 27. The number of aliphatic hydroxyl groups excluding tert-OH is 14. The Hall–Kier alpha value is -2.28. The number of aliphatic carboxylic acids is 1. The second-order valence-electron chi connectivity index (χ2n) is 27.6. The lowest BCUT2D eigenvalue weighted by atomic mass is 9.35. The number of carboxylic acid groups (broad SMARTS) is 1. The van der Waals surface area contributed by atoms with Crippen LogP contribution in [0.5, 0.6) is 0 Å². The molecule has 28 heteroatoms. The van der Waals surface area contributed by atoms with Crippen LogP contribution >= 0.6 is 0 Å². The fourth-order valence-corrected chi connectivity index (χ4v) is 17.2. The molecule has 0 radical (unpaired) electrons. The van der Waals surface area contributed by atoms with Gasteiger partial charge < -0.3 is 129 Å². The van der Waals surface area contributed by atoms with Crippen LogP contribution in [0, 0.1) is 45.3 Å².